The molecule has 0 aromatic carbocycles. The number of amides is 3. The Hall–Kier alpha value is -2.23. The van der Waals surface area contributed by atoms with Crippen molar-refractivity contribution in [3.8, 4) is 0 Å². The first kappa shape index (κ1) is 64.9. The number of likely N-dealkylation sites (tertiary alicyclic amines) is 1. The topological polar surface area (TPSA) is 206 Å². The van der Waals surface area contributed by atoms with Gasteiger partial charge in [0.05, 0.1) is 37.3 Å². The highest BCUT2D eigenvalue weighted by molar-refractivity contribution is 7.46. The van der Waals surface area contributed by atoms with Crippen LogP contribution >= 0.6 is 7.82 Å². The van der Waals surface area contributed by atoms with E-state index in [0.717, 1.165) is 82.6 Å². The van der Waals surface area contributed by atoms with E-state index >= 15 is 0 Å². The fourth-order valence-electron chi connectivity index (χ4n) is 18.9. The third-order valence-electron chi connectivity index (χ3n) is 23.6. The minimum absolute atomic E-state index is 0.0000746. The highest BCUT2D eigenvalue weighted by atomic mass is 31.2. The summed E-state index contributed by atoms with van der Waals surface area (Å²) in [5.41, 5.74) is 0.554. The van der Waals surface area contributed by atoms with E-state index in [0.29, 0.717) is 31.2 Å². The molecule has 78 heavy (non-hydrogen) atoms. The number of ether oxygens (including phenoxy) is 1. The van der Waals surface area contributed by atoms with Gasteiger partial charge in [-0.2, -0.15) is 0 Å². The maximum absolute atomic E-state index is 14.6. The molecule has 15 nitrogen and oxygen atoms in total. The number of aliphatic hydroxyl groups is 2. The molecule has 6 rings (SSSR count). The average Bonchev–Trinajstić information content (AvgIpc) is 3.96. The first-order valence-corrected chi connectivity index (χ1v) is 32.0. The zero-order valence-electron chi connectivity index (χ0n) is 51.3. The maximum atomic E-state index is 14.6. The van der Waals surface area contributed by atoms with Gasteiger partial charge in [-0.3, -0.25) is 28.6 Å². The first-order chi connectivity index (χ1) is 36.2. The van der Waals surface area contributed by atoms with Crippen molar-refractivity contribution in [2.45, 2.75) is 222 Å². The lowest BCUT2D eigenvalue weighted by atomic mass is 9.32. The van der Waals surface area contributed by atoms with Crippen molar-refractivity contribution in [2.24, 2.45) is 86.3 Å². The molecule has 1 heterocycles. The molecular weight excluding hydrogens is 1010 g/mol. The number of likely N-dealkylation sites (N-methyl/N-ethyl adjacent to an activating group) is 2. The van der Waals surface area contributed by atoms with Crippen molar-refractivity contribution < 1.29 is 53.0 Å². The highest BCUT2D eigenvalue weighted by Gasteiger charge is 2.71. The van der Waals surface area contributed by atoms with E-state index in [2.05, 4.69) is 39.9 Å². The van der Waals surface area contributed by atoms with Crippen LogP contribution in [-0.4, -0.2) is 143 Å². The minimum atomic E-state index is -4.74. The molecule has 16 heteroatoms. The van der Waals surface area contributed by atoms with Crippen LogP contribution in [0.4, 0.5) is 0 Å². The van der Waals surface area contributed by atoms with Gasteiger partial charge in [0.25, 0.3) is 0 Å². The van der Waals surface area contributed by atoms with Gasteiger partial charge in [0.2, 0.25) is 17.7 Å². The number of phosphoric ester groups is 1. The minimum Gasteiger partial charge on any atom is -0.396 e. The fourth-order valence-corrected chi connectivity index (χ4v) is 19.3. The number of carbonyl (C=O) groups is 4. The molecule has 5 aliphatic carbocycles. The van der Waals surface area contributed by atoms with Crippen LogP contribution in [0.2, 0.25) is 0 Å². The van der Waals surface area contributed by atoms with E-state index in [4.69, 9.17) is 15.8 Å². The van der Waals surface area contributed by atoms with E-state index in [1.807, 2.05) is 72.4 Å². The van der Waals surface area contributed by atoms with Crippen LogP contribution in [0.25, 0.3) is 0 Å². The Bertz CT molecular complexity index is 2180. The summed E-state index contributed by atoms with van der Waals surface area (Å²) in [5, 5.41) is 25.4. The Morgan fingerprint density at radius 2 is 1.50 bits per heavy atom. The molecule has 0 radical (unpaired) electrons. The molecule has 0 aromatic heterocycles. The van der Waals surface area contributed by atoms with Crippen molar-refractivity contribution in [1.29, 1.82) is 0 Å². The third-order valence-corrected chi connectivity index (χ3v) is 24.0. The molecule has 3 amide bonds. The van der Waals surface area contributed by atoms with E-state index in [1.165, 1.54) is 0 Å². The van der Waals surface area contributed by atoms with Gasteiger partial charge in [0, 0.05) is 51.6 Å². The summed E-state index contributed by atoms with van der Waals surface area (Å²) in [4.78, 5) is 82.8. The van der Waals surface area contributed by atoms with Crippen molar-refractivity contribution in [3.05, 3.63) is 12.2 Å². The number of carbonyl (C=O) groups excluding carboxylic acids is 4. The Morgan fingerprint density at radius 1 is 0.833 bits per heavy atom. The molecule has 18 atom stereocenters. The number of nitrogens with zero attached hydrogens (tertiary/aromatic N) is 3. The zero-order valence-corrected chi connectivity index (χ0v) is 52.2. The van der Waals surface area contributed by atoms with Gasteiger partial charge in [-0.15, -0.1) is 0 Å². The second-order valence-electron chi connectivity index (χ2n) is 28.6. The van der Waals surface area contributed by atoms with Gasteiger partial charge in [0.15, 0.2) is 0 Å². The average molecular weight is 1120 g/mol. The molecule has 6 aliphatic rings. The van der Waals surface area contributed by atoms with Crippen LogP contribution in [0.3, 0.4) is 0 Å². The second kappa shape index (κ2) is 24.9. The number of allylic oxidation sites excluding steroid dienone is 1. The van der Waals surface area contributed by atoms with Crippen molar-refractivity contribution in [3.63, 3.8) is 0 Å². The summed E-state index contributed by atoms with van der Waals surface area (Å²) in [7, 11) is 2.28. The summed E-state index contributed by atoms with van der Waals surface area (Å²) in [6, 6.07) is -2.06. The monoisotopic (exact) mass is 1120 g/mol. The van der Waals surface area contributed by atoms with Gasteiger partial charge in [-0.25, -0.2) is 4.57 Å². The van der Waals surface area contributed by atoms with Gasteiger partial charge >= 0.3 is 7.82 Å². The molecule has 0 spiro atoms. The van der Waals surface area contributed by atoms with Gasteiger partial charge in [-0.05, 0) is 172 Å². The number of phosphoric acid groups is 1. The van der Waals surface area contributed by atoms with Crippen LogP contribution in [0, 0.1) is 86.3 Å². The lowest BCUT2D eigenvalue weighted by molar-refractivity contribution is -0.249. The molecule has 1 aliphatic heterocycles. The summed E-state index contributed by atoms with van der Waals surface area (Å²) >= 11 is 0. The molecule has 0 aromatic rings. The lowest BCUT2D eigenvalue weighted by Gasteiger charge is -2.73. The standard InChI is InChI=1S/C62H109N4O11P/c1-18-39(6)55(65(16)57(72)53(37(2)3)63-56(71)54(38(4)5)64(14)15)47(76-17)34-51(70)66-33-19-20-45(66)43(35-67)41(8)46(68)23-21-40(7)42-25-30-62(36-77-78(73,74)75)32-31-60(12)44(52(42)62)22-24-49-59(11)28-27-50(69)58(9,10)48(59)26-29-61(49,60)13/h37-39,41-45,47-50,52-55,67,69H,7,18-36H2,1-6,8-17H3,(H,63,71)(H2,73,74,75)/t39-,41+,42-,43+,44?,45?,47+,48-,49?,50-,52+,53-,54-,55-,59-,60+,61+,62+/m0/s1. The third kappa shape index (κ3) is 12.2. The second-order valence-corrected chi connectivity index (χ2v) is 29.8. The highest BCUT2D eigenvalue weighted by Crippen LogP contribution is 2.78. The number of nitrogens with one attached hydrogen (secondary N) is 1. The molecule has 448 valence electrons. The van der Waals surface area contributed by atoms with Crippen LogP contribution in [0.1, 0.15) is 186 Å². The van der Waals surface area contributed by atoms with Crippen molar-refractivity contribution in [1.82, 2.24) is 20.0 Å². The SMILES string of the molecule is C=C(CCC(=O)[C@H](C)[C@@H](CO)C1CCCN1C(=O)C[C@@H](OC)[C@H]([C@@H](C)CC)N(C)C(=O)[C@@H](NC(=O)[C@H](C(C)C)N(C)C)C(C)C)[C@@H]1CC[C@]2(COP(=O)(O)O)CC[C@]3(C)C(CCC4[C@@]5(C)CC[C@H](O)C(C)(C)[C@@H]5CC[C@]43C)[C@@H]12. The number of rotatable bonds is 24. The molecule has 5 saturated carbocycles. The number of fused-ring (bicyclic) bond motifs is 7. The first-order valence-electron chi connectivity index (χ1n) is 30.5. The Morgan fingerprint density at radius 3 is 2.08 bits per heavy atom. The Balaban J connectivity index is 1.16. The van der Waals surface area contributed by atoms with E-state index in [9.17, 15) is 43.7 Å². The number of ketones is 1. The summed E-state index contributed by atoms with van der Waals surface area (Å²) in [6.07, 6.45) is 11.4. The maximum Gasteiger partial charge on any atom is 0.469 e. The number of Topliss-reactive ketones (excluding diaryl/α,β-unsaturated/α-hetero) is 1. The number of aliphatic hydroxyl groups excluding tert-OH is 2. The molecule has 6 fully saturated rings. The number of methoxy groups -OCH3 is 1. The van der Waals surface area contributed by atoms with Crippen LogP contribution in [0.15, 0.2) is 12.2 Å². The summed E-state index contributed by atoms with van der Waals surface area (Å²) in [6.45, 7) is 30.9. The van der Waals surface area contributed by atoms with Crippen molar-refractivity contribution in [2.75, 3.05) is 48.0 Å². The van der Waals surface area contributed by atoms with Crippen LogP contribution in [-0.2, 0) is 33.0 Å². The Kier molecular flexibility index (Phi) is 20.7. The fraction of sp³-hybridized carbons (Fsp3) is 0.903. The van der Waals surface area contributed by atoms with Gasteiger partial charge < -0.3 is 39.9 Å². The summed E-state index contributed by atoms with van der Waals surface area (Å²) in [5.74, 6) is -0.488. The normalized spacial score (nSPS) is 35.4. The molecule has 5 N–H and O–H groups in total. The van der Waals surface area contributed by atoms with Crippen LogP contribution < -0.4 is 5.32 Å². The quantitative estimate of drug-likeness (QED) is 0.0453. The van der Waals surface area contributed by atoms with Gasteiger partial charge in [-0.1, -0.05) is 102 Å². The zero-order chi connectivity index (χ0) is 58.4. The van der Waals surface area contributed by atoms with Gasteiger partial charge in [0.1, 0.15) is 11.8 Å². The van der Waals surface area contributed by atoms with Crippen molar-refractivity contribution >= 4 is 31.3 Å². The molecular formula is C62H109N4O11P. The largest absolute Gasteiger partial charge is 0.469 e. The predicted molar refractivity (Wildman–Crippen MR) is 307 cm³/mol. The van der Waals surface area contributed by atoms with Crippen LogP contribution in [0.5, 0.6) is 0 Å². The molecule has 3 unspecified atom stereocenters. The predicted octanol–water partition coefficient (Wildman–Crippen LogP) is 9.68. The molecule has 1 saturated heterocycles. The molecule has 0 bridgehead atoms. The number of hydrogen-bond donors (Lipinski definition) is 5. The Labute approximate surface area is 471 Å². The number of hydrogen-bond acceptors (Lipinski definition) is 10. The summed E-state index contributed by atoms with van der Waals surface area (Å²) < 4.78 is 24.0. The lowest BCUT2D eigenvalue weighted by Crippen LogP contribution is -2.66. The smallest absolute Gasteiger partial charge is 0.396 e. The van der Waals surface area contributed by atoms with E-state index in [-0.39, 0.29) is 119 Å². The van der Waals surface area contributed by atoms with E-state index in [1.54, 1.807) is 19.1 Å². The van der Waals surface area contributed by atoms with E-state index < -0.39 is 49.3 Å².